The molecule has 0 heterocycles. The highest BCUT2D eigenvalue weighted by molar-refractivity contribution is 5.97. The number of carbonyl (C=O) groups is 4. The minimum absolute atomic E-state index is 0.0803. The quantitative estimate of drug-likeness (QED) is 0.146. The Morgan fingerprint density at radius 3 is 2.25 bits per heavy atom. The fraction of sp³-hybridized carbons (Fsp3) is 0.818. The van der Waals surface area contributed by atoms with Crippen molar-refractivity contribution in [2.45, 2.75) is 78.7 Å². The van der Waals surface area contributed by atoms with Gasteiger partial charge in [-0.25, -0.2) is 5.06 Å². The zero-order valence-corrected chi connectivity index (χ0v) is 20.1. The van der Waals surface area contributed by atoms with Crippen molar-refractivity contribution in [1.82, 2.24) is 10.4 Å². The number of rotatable bonds is 17. The highest BCUT2D eigenvalue weighted by atomic mass is 16.7. The summed E-state index contributed by atoms with van der Waals surface area (Å²) in [6, 6.07) is 0. The average Bonchev–Trinajstić information content (AvgIpc) is 2.70. The maximum absolute atomic E-state index is 12.9. The van der Waals surface area contributed by atoms with E-state index in [9.17, 15) is 19.2 Å². The molecule has 1 atom stereocenters. The van der Waals surface area contributed by atoms with Gasteiger partial charge in [0.2, 0.25) is 5.91 Å². The standard InChI is InChI=1S/C22H40N2O8/c1-6-8-9-10-17(21(29)32-22(3,4)5)20(28)24(7-2)31-16-15-30-14-13-23-18(25)11-12-19(26)27/h17H,6-16H2,1-5H3,(H,23,25)(H,26,27). The van der Waals surface area contributed by atoms with Gasteiger partial charge < -0.3 is 19.9 Å². The molecule has 0 aliphatic carbocycles. The molecule has 0 rings (SSSR count). The number of esters is 1. The van der Waals surface area contributed by atoms with Gasteiger partial charge in [-0.05, 0) is 34.1 Å². The maximum atomic E-state index is 12.9. The summed E-state index contributed by atoms with van der Waals surface area (Å²) in [6.07, 6.45) is 2.73. The molecule has 0 aromatic carbocycles. The summed E-state index contributed by atoms with van der Waals surface area (Å²) in [5.41, 5.74) is -0.685. The van der Waals surface area contributed by atoms with Crippen LogP contribution >= 0.6 is 0 Å². The van der Waals surface area contributed by atoms with E-state index in [-0.39, 0.29) is 51.7 Å². The molecule has 1 unspecified atom stereocenters. The number of amides is 2. The Kier molecular flexibility index (Phi) is 15.3. The van der Waals surface area contributed by atoms with Gasteiger partial charge in [-0.15, -0.1) is 0 Å². The van der Waals surface area contributed by atoms with E-state index in [2.05, 4.69) is 5.32 Å². The van der Waals surface area contributed by atoms with E-state index < -0.39 is 29.4 Å². The number of aliphatic carboxylic acids is 1. The van der Waals surface area contributed by atoms with E-state index in [0.717, 1.165) is 24.3 Å². The Bertz CT molecular complexity index is 589. The number of carboxylic acids is 1. The lowest BCUT2D eigenvalue weighted by Crippen LogP contribution is -2.42. The average molecular weight is 461 g/mol. The van der Waals surface area contributed by atoms with Crippen LogP contribution in [0.15, 0.2) is 0 Å². The van der Waals surface area contributed by atoms with Crippen LogP contribution in [0, 0.1) is 5.92 Å². The molecule has 0 aliphatic heterocycles. The number of nitrogens with one attached hydrogen (secondary N) is 1. The van der Waals surface area contributed by atoms with Crippen LogP contribution in [-0.2, 0) is 33.5 Å². The maximum Gasteiger partial charge on any atom is 0.319 e. The van der Waals surface area contributed by atoms with Crippen molar-refractivity contribution in [2.75, 3.05) is 32.9 Å². The lowest BCUT2D eigenvalue weighted by molar-refractivity contribution is -0.198. The Morgan fingerprint density at radius 1 is 1.00 bits per heavy atom. The first kappa shape index (κ1) is 29.8. The van der Waals surface area contributed by atoms with Crippen molar-refractivity contribution in [2.24, 2.45) is 5.92 Å². The third kappa shape index (κ3) is 14.7. The molecule has 0 aromatic rings. The second-order valence-electron chi connectivity index (χ2n) is 8.30. The highest BCUT2D eigenvalue weighted by Gasteiger charge is 2.34. The number of hydrogen-bond donors (Lipinski definition) is 2. The SMILES string of the molecule is CCCCCC(C(=O)OC(C)(C)C)C(=O)N(CC)OCCOCCNC(=O)CCC(=O)O. The predicted molar refractivity (Wildman–Crippen MR) is 118 cm³/mol. The Morgan fingerprint density at radius 2 is 1.69 bits per heavy atom. The van der Waals surface area contributed by atoms with E-state index in [1.165, 1.54) is 0 Å². The Labute approximate surface area is 190 Å². The van der Waals surface area contributed by atoms with Gasteiger partial charge in [-0.2, -0.15) is 0 Å². The van der Waals surface area contributed by atoms with Crippen LogP contribution in [0.1, 0.15) is 73.1 Å². The van der Waals surface area contributed by atoms with Crippen molar-refractivity contribution in [3.05, 3.63) is 0 Å². The van der Waals surface area contributed by atoms with Gasteiger partial charge in [0.1, 0.15) is 11.5 Å². The number of carbonyl (C=O) groups excluding carboxylic acids is 3. The number of hydroxylamine groups is 2. The first-order valence-corrected chi connectivity index (χ1v) is 11.2. The lowest BCUT2D eigenvalue weighted by atomic mass is 9.99. The first-order valence-electron chi connectivity index (χ1n) is 11.2. The molecule has 10 nitrogen and oxygen atoms in total. The van der Waals surface area contributed by atoms with E-state index in [0.29, 0.717) is 6.42 Å². The van der Waals surface area contributed by atoms with Crippen LogP contribution in [0.5, 0.6) is 0 Å². The van der Waals surface area contributed by atoms with Gasteiger partial charge in [-0.3, -0.25) is 24.0 Å². The van der Waals surface area contributed by atoms with Crippen LogP contribution in [0.2, 0.25) is 0 Å². The smallest absolute Gasteiger partial charge is 0.319 e. The van der Waals surface area contributed by atoms with Gasteiger partial charge in [0.15, 0.2) is 0 Å². The zero-order valence-electron chi connectivity index (χ0n) is 20.1. The Balaban J connectivity index is 4.46. The molecular formula is C22H40N2O8. The molecular weight excluding hydrogens is 420 g/mol. The molecule has 0 saturated heterocycles. The number of unbranched alkanes of at least 4 members (excludes halogenated alkanes) is 2. The molecule has 0 aliphatic rings. The van der Waals surface area contributed by atoms with Gasteiger partial charge in [0.05, 0.1) is 26.2 Å². The van der Waals surface area contributed by atoms with E-state index in [1.54, 1.807) is 27.7 Å². The normalized spacial score (nSPS) is 12.2. The molecule has 0 bridgehead atoms. The van der Waals surface area contributed by atoms with Gasteiger partial charge in [-0.1, -0.05) is 26.2 Å². The number of ether oxygens (including phenoxy) is 2. The van der Waals surface area contributed by atoms with Crippen LogP contribution in [0.3, 0.4) is 0 Å². The molecule has 186 valence electrons. The number of carboxylic acid groups (broad SMARTS) is 1. The van der Waals surface area contributed by atoms with Gasteiger partial charge in [0, 0.05) is 19.5 Å². The number of hydrogen-bond acceptors (Lipinski definition) is 7. The largest absolute Gasteiger partial charge is 0.481 e. The molecule has 2 N–H and O–H groups in total. The van der Waals surface area contributed by atoms with E-state index in [1.807, 2.05) is 6.92 Å². The third-order valence-corrected chi connectivity index (χ3v) is 4.23. The monoisotopic (exact) mass is 460 g/mol. The van der Waals surface area contributed by atoms with Crippen molar-refractivity contribution in [3.63, 3.8) is 0 Å². The summed E-state index contributed by atoms with van der Waals surface area (Å²) in [4.78, 5) is 52.8. The molecule has 0 saturated carbocycles. The van der Waals surface area contributed by atoms with Crippen LogP contribution in [0.25, 0.3) is 0 Å². The fourth-order valence-electron chi connectivity index (χ4n) is 2.68. The van der Waals surface area contributed by atoms with Gasteiger partial charge in [0.25, 0.3) is 5.91 Å². The Hall–Kier alpha value is -2.20. The van der Waals surface area contributed by atoms with Gasteiger partial charge >= 0.3 is 11.9 Å². The molecule has 10 heteroatoms. The summed E-state index contributed by atoms with van der Waals surface area (Å²) in [5, 5.41) is 12.2. The molecule has 2 amide bonds. The summed E-state index contributed by atoms with van der Waals surface area (Å²) in [7, 11) is 0. The van der Waals surface area contributed by atoms with Crippen LogP contribution in [0.4, 0.5) is 0 Å². The predicted octanol–water partition coefficient (Wildman–Crippen LogP) is 2.30. The van der Waals surface area contributed by atoms with Crippen molar-refractivity contribution in [1.29, 1.82) is 0 Å². The number of nitrogens with zero attached hydrogens (tertiary/aromatic N) is 1. The van der Waals surface area contributed by atoms with Crippen molar-refractivity contribution in [3.8, 4) is 0 Å². The highest BCUT2D eigenvalue weighted by Crippen LogP contribution is 2.19. The van der Waals surface area contributed by atoms with Crippen LogP contribution in [-0.4, -0.2) is 72.4 Å². The molecule has 0 spiro atoms. The zero-order chi connectivity index (χ0) is 24.6. The van der Waals surface area contributed by atoms with Crippen molar-refractivity contribution < 1.29 is 38.6 Å². The second kappa shape index (κ2) is 16.4. The lowest BCUT2D eigenvalue weighted by Gasteiger charge is -2.27. The molecule has 0 radical (unpaired) electrons. The van der Waals surface area contributed by atoms with E-state index >= 15 is 0 Å². The molecule has 0 fully saturated rings. The third-order valence-electron chi connectivity index (χ3n) is 4.23. The molecule has 32 heavy (non-hydrogen) atoms. The summed E-state index contributed by atoms with van der Waals surface area (Å²) >= 11 is 0. The van der Waals surface area contributed by atoms with E-state index in [4.69, 9.17) is 19.4 Å². The second-order valence-corrected chi connectivity index (χ2v) is 8.30. The topological polar surface area (TPSA) is 131 Å². The van der Waals surface area contributed by atoms with Crippen LogP contribution < -0.4 is 5.32 Å². The van der Waals surface area contributed by atoms with Crippen molar-refractivity contribution >= 4 is 23.8 Å². The summed E-state index contributed by atoms with van der Waals surface area (Å²) in [6.45, 7) is 10.1. The summed E-state index contributed by atoms with van der Waals surface area (Å²) < 4.78 is 10.8. The minimum atomic E-state index is -1.03. The fourth-order valence-corrected chi connectivity index (χ4v) is 2.68. The molecule has 0 aromatic heterocycles. The summed E-state index contributed by atoms with van der Waals surface area (Å²) in [5.74, 6) is -3.27. The minimum Gasteiger partial charge on any atom is -0.481 e. The first-order chi connectivity index (χ1) is 15.0.